The van der Waals surface area contributed by atoms with E-state index in [0.717, 1.165) is 43.2 Å². The number of aromatic nitrogens is 1. The first kappa shape index (κ1) is 25.2. The summed E-state index contributed by atoms with van der Waals surface area (Å²) in [6, 6.07) is 10.3. The van der Waals surface area contributed by atoms with Gasteiger partial charge < -0.3 is 10.2 Å². The average molecular weight is 510 g/mol. The van der Waals surface area contributed by atoms with Gasteiger partial charge in [0.05, 0.1) is 15.1 Å². The number of hydrogen-bond donors (Lipinski definition) is 1. The molecule has 3 aromatic rings. The lowest BCUT2D eigenvalue weighted by Crippen LogP contribution is -2.48. The summed E-state index contributed by atoms with van der Waals surface area (Å²) in [7, 11) is 0. The molecule has 1 N–H and O–H groups in total. The third kappa shape index (κ3) is 5.73. The standard InChI is InChI=1S/C22H24ClN5O3S.ClH/c1-2-15-4-3-5-19-20(15)25-22(32-19)27-12-10-26(11-13-27)9-8-24-21(29)17-14-16(23)6-7-18(17)28(30)31;/h3-7,14H,2,8-13H2,1H3,(H,24,29);1H. The fourth-order valence-corrected chi connectivity index (χ4v) is 5.09. The molecule has 11 heteroatoms. The molecule has 0 bridgehead atoms. The highest BCUT2D eigenvalue weighted by Gasteiger charge is 2.22. The van der Waals surface area contributed by atoms with E-state index in [4.69, 9.17) is 16.6 Å². The molecule has 1 aliphatic rings. The van der Waals surface area contributed by atoms with Gasteiger partial charge in [0.1, 0.15) is 5.56 Å². The first-order chi connectivity index (χ1) is 15.5. The van der Waals surface area contributed by atoms with Gasteiger partial charge in [-0.2, -0.15) is 0 Å². The maximum atomic E-state index is 12.4. The van der Waals surface area contributed by atoms with Crippen LogP contribution < -0.4 is 10.2 Å². The summed E-state index contributed by atoms with van der Waals surface area (Å²) in [5, 5.41) is 15.3. The molecule has 0 radical (unpaired) electrons. The Morgan fingerprint density at radius 3 is 2.70 bits per heavy atom. The molecule has 1 fully saturated rings. The Balaban J connectivity index is 0.00000306. The van der Waals surface area contributed by atoms with Crippen LogP contribution in [0.5, 0.6) is 0 Å². The van der Waals surface area contributed by atoms with E-state index in [1.54, 1.807) is 11.3 Å². The molecule has 1 saturated heterocycles. The molecule has 33 heavy (non-hydrogen) atoms. The predicted octanol–water partition coefficient (Wildman–Crippen LogP) is 4.39. The van der Waals surface area contributed by atoms with Crippen LogP contribution in [0.1, 0.15) is 22.8 Å². The molecule has 1 aliphatic heterocycles. The minimum Gasteiger partial charge on any atom is -0.351 e. The molecule has 4 rings (SSSR count). The number of carbonyl (C=O) groups excluding carboxylic acids is 1. The lowest BCUT2D eigenvalue weighted by Gasteiger charge is -2.34. The van der Waals surface area contributed by atoms with Crippen LogP contribution in [0.3, 0.4) is 0 Å². The van der Waals surface area contributed by atoms with Gasteiger partial charge in [0.15, 0.2) is 5.13 Å². The van der Waals surface area contributed by atoms with Crippen molar-refractivity contribution >= 4 is 62.3 Å². The molecule has 2 aromatic carbocycles. The topological polar surface area (TPSA) is 91.6 Å². The second kappa shape index (κ2) is 11.1. The number of halogens is 2. The van der Waals surface area contributed by atoms with Crippen LogP contribution >= 0.6 is 35.3 Å². The number of nitro benzene ring substituents is 1. The van der Waals surface area contributed by atoms with Crippen molar-refractivity contribution in [3.05, 3.63) is 62.7 Å². The van der Waals surface area contributed by atoms with Crippen molar-refractivity contribution in [2.45, 2.75) is 13.3 Å². The minimum atomic E-state index is -0.573. The molecule has 0 spiro atoms. The fraction of sp³-hybridized carbons (Fsp3) is 0.364. The first-order valence-corrected chi connectivity index (χ1v) is 11.7. The number of para-hydroxylation sites is 1. The van der Waals surface area contributed by atoms with Crippen molar-refractivity contribution in [1.29, 1.82) is 0 Å². The monoisotopic (exact) mass is 509 g/mol. The van der Waals surface area contributed by atoms with Crippen molar-refractivity contribution in [2.24, 2.45) is 0 Å². The number of nitrogens with zero attached hydrogens (tertiary/aromatic N) is 4. The van der Waals surface area contributed by atoms with E-state index in [0.29, 0.717) is 13.1 Å². The Hall–Kier alpha value is -2.46. The van der Waals surface area contributed by atoms with Crippen LogP contribution in [0.25, 0.3) is 10.2 Å². The number of carbonyl (C=O) groups is 1. The molecule has 0 aliphatic carbocycles. The van der Waals surface area contributed by atoms with Gasteiger partial charge >= 0.3 is 0 Å². The number of nitrogens with one attached hydrogen (secondary N) is 1. The third-order valence-electron chi connectivity index (χ3n) is 5.63. The molecule has 0 saturated carbocycles. The lowest BCUT2D eigenvalue weighted by atomic mass is 10.1. The zero-order valence-electron chi connectivity index (χ0n) is 18.1. The fourth-order valence-electron chi connectivity index (χ4n) is 3.85. The zero-order chi connectivity index (χ0) is 22.7. The van der Waals surface area contributed by atoms with Crippen LogP contribution in [0.2, 0.25) is 5.02 Å². The maximum Gasteiger partial charge on any atom is 0.282 e. The van der Waals surface area contributed by atoms with Crippen molar-refractivity contribution in [1.82, 2.24) is 15.2 Å². The van der Waals surface area contributed by atoms with Gasteiger partial charge in [-0.15, -0.1) is 12.4 Å². The SMILES string of the molecule is CCc1cccc2sc(N3CCN(CCNC(=O)c4cc(Cl)ccc4[N+](=O)[O-])CC3)nc12.Cl. The summed E-state index contributed by atoms with van der Waals surface area (Å²) in [6.07, 6.45) is 0.971. The highest BCUT2D eigenvalue weighted by atomic mass is 35.5. The summed E-state index contributed by atoms with van der Waals surface area (Å²) >= 11 is 7.64. The first-order valence-electron chi connectivity index (χ1n) is 10.5. The zero-order valence-corrected chi connectivity index (χ0v) is 20.5. The smallest absolute Gasteiger partial charge is 0.282 e. The van der Waals surface area contributed by atoms with Gasteiger partial charge in [-0.1, -0.05) is 42.0 Å². The number of fused-ring (bicyclic) bond motifs is 1. The van der Waals surface area contributed by atoms with Gasteiger partial charge in [0.2, 0.25) is 0 Å². The number of aryl methyl sites for hydroxylation is 1. The van der Waals surface area contributed by atoms with Crippen molar-refractivity contribution < 1.29 is 9.72 Å². The normalized spacial score (nSPS) is 14.2. The van der Waals surface area contributed by atoms with E-state index in [9.17, 15) is 14.9 Å². The highest BCUT2D eigenvalue weighted by molar-refractivity contribution is 7.22. The van der Waals surface area contributed by atoms with Crippen LogP contribution in [-0.2, 0) is 6.42 Å². The van der Waals surface area contributed by atoms with Crippen LogP contribution in [0.4, 0.5) is 10.8 Å². The average Bonchev–Trinajstić information content (AvgIpc) is 3.23. The number of benzene rings is 2. The number of piperazine rings is 1. The second-order valence-electron chi connectivity index (χ2n) is 7.62. The summed E-state index contributed by atoms with van der Waals surface area (Å²) < 4.78 is 1.22. The maximum absolute atomic E-state index is 12.4. The van der Waals surface area contributed by atoms with Crippen LogP contribution in [0, 0.1) is 10.1 Å². The van der Waals surface area contributed by atoms with Crippen LogP contribution in [-0.4, -0.2) is 60.0 Å². The largest absolute Gasteiger partial charge is 0.351 e. The van der Waals surface area contributed by atoms with Crippen molar-refractivity contribution in [3.8, 4) is 0 Å². The van der Waals surface area contributed by atoms with E-state index in [1.807, 2.05) is 0 Å². The van der Waals surface area contributed by atoms with Gasteiger partial charge in [0.25, 0.3) is 11.6 Å². The predicted molar refractivity (Wildman–Crippen MR) is 135 cm³/mol. The molecule has 8 nitrogen and oxygen atoms in total. The number of thiazole rings is 1. The van der Waals surface area contributed by atoms with Gasteiger partial charge in [0, 0.05) is 50.4 Å². The van der Waals surface area contributed by atoms with E-state index in [2.05, 4.69) is 40.2 Å². The highest BCUT2D eigenvalue weighted by Crippen LogP contribution is 2.31. The number of hydrogen-bond acceptors (Lipinski definition) is 7. The van der Waals surface area contributed by atoms with Gasteiger partial charge in [-0.25, -0.2) is 4.98 Å². The summed E-state index contributed by atoms with van der Waals surface area (Å²) in [6.45, 7) is 6.70. The quantitative estimate of drug-likeness (QED) is 0.375. The molecule has 176 valence electrons. The minimum absolute atomic E-state index is 0. The number of amides is 1. The molecule has 0 unspecified atom stereocenters. The van der Waals surface area contributed by atoms with E-state index >= 15 is 0 Å². The van der Waals surface area contributed by atoms with Crippen LogP contribution in [0.15, 0.2) is 36.4 Å². The Bertz CT molecular complexity index is 1150. The second-order valence-corrected chi connectivity index (χ2v) is 9.06. The molecule has 1 aromatic heterocycles. The number of rotatable bonds is 7. The molecule has 2 heterocycles. The Morgan fingerprint density at radius 1 is 1.24 bits per heavy atom. The lowest BCUT2D eigenvalue weighted by molar-refractivity contribution is -0.385. The summed E-state index contributed by atoms with van der Waals surface area (Å²) in [5.74, 6) is -0.487. The van der Waals surface area contributed by atoms with Crippen molar-refractivity contribution in [2.75, 3.05) is 44.2 Å². The number of nitro groups is 1. The van der Waals surface area contributed by atoms with E-state index < -0.39 is 10.8 Å². The van der Waals surface area contributed by atoms with Crippen molar-refractivity contribution in [3.63, 3.8) is 0 Å². The third-order valence-corrected chi connectivity index (χ3v) is 6.94. The molecule has 1 amide bonds. The summed E-state index contributed by atoms with van der Waals surface area (Å²) in [4.78, 5) is 32.5. The van der Waals surface area contributed by atoms with Gasteiger partial charge in [-0.3, -0.25) is 19.8 Å². The molecule has 0 atom stereocenters. The van der Waals surface area contributed by atoms with E-state index in [-0.39, 0.29) is 28.7 Å². The Labute approximate surface area is 207 Å². The summed E-state index contributed by atoms with van der Waals surface area (Å²) in [5.41, 5.74) is 2.12. The molecular weight excluding hydrogens is 485 g/mol. The Morgan fingerprint density at radius 2 is 2.00 bits per heavy atom. The van der Waals surface area contributed by atoms with E-state index in [1.165, 1.54) is 28.5 Å². The molecular formula is C22H25Cl2N5O3S. The Kier molecular flexibility index (Phi) is 8.47. The number of anilines is 1. The van der Waals surface area contributed by atoms with Gasteiger partial charge in [-0.05, 0) is 30.2 Å².